The minimum atomic E-state index is -1.45. The van der Waals surface area contributed by atoms with E-state index < -0.39 is 5.79 Å². The van der Waals surface area contributed by atoms with E-state index in [9.17, 15) is 10.2 Å². The lowest BCUT2D eigenvalue weighted by Crippen LogP contribution is -2.34. The number of aliphatic hydroxyl groups is 2. The second-order valence-corrected chi connectivity index (χ2v) is 4.20. The third-order valence-corrected chi connectivity index (χ3v) is 2.57. The fourth-order valence-electron chi connectivity index (χ4n) is 1.28. The molecular formula is C11H24O2. The first-order chi connectivity index (χ1) is 6.00. The Kier molecular flexibility index (Phi) is 6.35. The van der Waals surface area contributed by atoms with E-state index in [1.54, 1.807) is 0 Å². The van der Waals surface area contributed by atoms with Crippen molar-refractivity contribution in [3.63, 3.8) is 0 Å². The molecule has 0 atom stereocenters. The van der Waals surface area contributed by atoms with Crippen LogP contribution in [-0.4, -0.2) is 16.0 Å². The topological polar surface area (TPSA) is 40.5 Å². The third kappa shape index (κ3) is 6.05. The molecule has 2 N–H and O–H groups in total. The van der Waals surface area contributed by atoms with Crippen LogP contribution in [0.3, 0.4) is 0 Å². The van der Waals surface area contributed by atoms with E-state index in [1.807, 2.05) is 13.8 Å². The van der Waals surface area contributed by atoms with Crippen molar-refractivity contribution in [2.75, 3.05) is 0 Å². The van der Waals surface area contributed by atoms with Gasteiger partial charge in [-0.15, -0.1) is 0 Å². The fraction of sp³-hybridized carbons (Fsp3) is 1.00. The lowest BCUT2D eigenvalue weighted by molar-refractivity contribution is -0.197. The average molecular weight is 188 g/mol. The second-order valence-electron chi connectivity index (χ2n) is 4.20. The highest BCUT2D eigenvalue weighted by molar-refractivity contribution is 4.68. The van der Waals surface area contributed by atoms with Gasteiger partial charge in [0.15, 0.2) is 5.79 Å². The number of hydrogen-bond acceptors (Lipinski definition) is 2. The van der Waals surface area contributed by atoms with Crippen LogP contribution in [0.25, 0.3) is 0 Å². The Labute approximate surface area is 82.0 Å². The SMILES string of the molecule is CCCCCCCC(O)(O)C(C)C. The molecule has 0 aromatic carbocycles. The molecule has 0 aromatic rings. The van der Waals surface area contributed by atoms with Crippen molar-refractivity contribution < 1.29 is 10.2 Å². The van der Waals surface area contributed by atoms with Gasteiger partial charge in [-0.2, -0.15) is 0 Å². The summed E-state index contributed by atoms with van der Waals surface area (Å²) in [5.74, 6) is -1.52. The zero-order valence-electron chi connectivity index (χ0n) is 9.21. The fourth-order valence-corrected chi connectivity index (χ4v) is 1.28. The average Bonchev–Trinajstić information content (AvgIpc) is 2.03. The predicted molar refractivity (Wildman–Crippen MR) is 55.4 cm³/mol. The van der Waals surface area contributed by atoms with Gasteiger partial charge in [-0.05, 0) is 6.42 Å². The van der Waals surface area contributed by atoms with E-state index in [2.05, 4.69) is 6.92 Å². The summed E-state index contributed by atoms with van der Waals surface area (Å²) in [4.78, 5) is 0. The normalized spacial score (nSPS) is 12.5. The molecule has 0 rings (SSSR count). The van der Waals surface area contributed by atoms with Crippen LogP contribution in [0.5, 0.6) is 0 Å². The lowest BCUT2D eigenvalue weighted by atomic mass is 9.96. The van der Waals surface area contributed by atoms with Crippen molar-refractivity contribution >= 4 is 0 Å². The molecule has 0 aliphatic carbocycles. The highest BCUT2D eigenvalue weighted by Gasteiger charge is 2.26. The Hall–Kier alpha value is -0.0800. The zero-order valence-corrected chi connectivity index (χ0v) is 9.21. The predicted octanol–water partition coefficient (Wildman–Crippen LogP) is 2.68. The van der Waals surface area contributed by atoms with Gasteiger partial charge < -0.3 is 10.2 Å². The van der Waals surface area contributed by atoms with Gasteiger partial charge in [-0.25, -0.2) is 0 Å². The molecule has 0 saturated carbocycles. The minimum Gasteiger partial charge on any atom is -0.365 e. The maximum absolute atomic E-state index is 9.50. The van der Waals surface area contributed by atoms with Gasteiger partial charge in [-0.3, -0.25) is 0 Å². The maximum atomic E-state index is 9.50. The van der Waals surface area contributed by atoms with E-state index in [-0.39, 0.29) is 5.92 Å². The quantitative estimate of drug-likeness (QED) is 0.476. The first kappa shape index (κ1) is 12.9. The molecule has 13 heavy (non-hydrogen) atoms. The Morgan fingerprint density at radius 3 is 2.00 bits per heavy atom. The Bertz CT molecular complexity index is 119. The van der Waals surface area contributed by atoms with Crippen LogP contribution < -0.4 is 0 Å². The molecule has 0 spiro atoms. The van der Waals surface area contributed by atoms with E-state index in [1.165, 1.54) is 19.3 Å². The Morgan fingerprint density at radius 1 is 1.00 bits per heavy atom. The van der Waals surface area contributed by atoms with Crippen LogP contribution in [0.2, 0.25) is 0 Å². The number of hydrogen-bond donors (Lipinski definition) is 2. The van der Waals surface area contributed by atoms with Crippen molar-refractivity contribution in [2.45, 2.75) is 65.1 Å². The molecule has 80 valence electrons. The molecule has 0 saturated heterocycles. The van der Waals surface area contributed by atoms with Crippen LogP contribution >= 0.6 is 0 Å². The summed E-state index contributed by atoms with van der Waals surface area (Å²) in [7, 11) is 0. The summed E-state index contributed by atoms with van der Waals surface area (Å²) >= 11 is 0. The van der Waals surface area contributed by atoms with Gasteiger partial charge in [0.25, 0.3) is 0 Å². The number of unbranched alkanes of at least 4 members (excludes halogenated alkanes) is 4. The van der Waals surface area contributed by atoms with Crippen LogP contribution in [0, 0.1) is 5.92 Å². The van der Waals surface area contributed by atoms with Gasteiger partial charge in [0.05, 0.1) is 0 Å². The molecule has 0 heterocycles. The zero-order chi connectivity index (χ0) is 10.3. The molecule has 0 aliphatic rings. The second kappa shape index (κ2) is 6.39. The summed E-state index contributed by atoms with van der Waals surface area (Å²) in [6.07, 6.45) is 6.24. The molecule has 0 unspecified atom stereocenters. The van der Waals surface area contributed by atoms with Crippen LogP contribution in [0.1, 0.15) is 59.3 Å². The smallest absolute Gasteiger partial charge is 0.164 e. The van der Waals surface area contributed by atoms with Gasteiger partial charge in [-0.1, -0.05) is 46.5 Å². The van der Waals surface area contributed by atoms with E-state index in [0.29, 0.717) is 6.42 Å². The largest absolute Gasteiger partial charge is 0.365 e. The third-order valence-electron chi connectivity index (χ3n) is 2.57. The maximum Gasteiger partial charge on any atom is 0.164 e. The molecule has 0 amide bonds. The standard InChI is InChI=1S/C11H24O2/c1-4-5-6-7-8-9-11(12,13)10(2)3/h10,12-13H,4-9H2,1-3H3. The van der Waals surface area contributed by atoms with Gasteiger partial charge >= 0.3 is 0 Å². The van der Waals surface area contributed by atoms with E-state index >= 15 is 0 Å². The molecular weight excluding hydrogens is 164 g/mol. The van der Waals surface area contributed by atoms with Crippen LogP contribution in [-0.2, 0) is 0 Å². The lowest BCUT2D eigenvalue weighted by Gasteiger charge is -2.25. The van der Waals surface area contributed by atoms with E-state index in [4.69, 9.17) is 0 Å². The Balaban J connectivity index is 3.41. The molecule has 0 fully saturated rings. The highest BCUT2D eigenvalue weighted by Crippen LogP contribution is 2.20. The molecule has 0 aromatic heterocycles. The molecule has 0 bridgehead atoms. The summed E-state index contributed by atoms with van der Waals surface area (Å²) in [5.41, 5.74) is 0. The molecule has 0 radical (unpaired) electrons. The van der Waals surface area contributed by atoms with Crippen molar-refractivity contribution in [3.05, 3.63) is 0 Å². The number of rotatable bonds is 7. The summed E-state index contributed by atoms with van der Waals surface area (Å²) in [6.45, 7) is 5.86. The van der Waals surface area contributed by atoms with Crippen molar-refractivity contribution in [1.29, 1.82) is 0 Å². The van der Waals surface area contributed by atoms with Gasteiger partial charge in [0.1, 0.15) is 0 Å². The monoisotopic (exact) mass is 188 g/mol. The summed E-state index contributed by atoms with van der Waals surface area (Å²) < 4.78 is 0. The van der Waals surface area contributed by atoms with E-state index in [0.717, 1.165) is 12.8 Å². The van der Waals surface area contributed by atoms with Crippen LogP contribution in [0.4, 0.5) is 0 Å². The molecule has 2 heteroatoms. The highest BCUT2D eigenvalue weighted by atomic mass is 16.5. The van der Waals surface area contributed by atoms with Gasteiger partial charge in [0, 0.05) is 12.3 Å². The van der Waals surface area contributed by atoms with Crippen LogP contribution in [0.15, 0.2) is 0 Å². The first-order valence-corrected chi connectivity index (χ1v) is 5.45. The minimum absolute atomic E-state index is 0.0707. The first-order valence-electron chi connectivity index (χ1n) is 5.45. The van der Waals surface area contributed by atoms with Crippen molar-refractivity contribution in [3.8, 4) is 0 Å². The summed E-state index contributed by atoms with van der Waals surface area (Å²) in [6, 6.07) is 0. The molecule has 2 nitrogen and oxygen atoms in total. The van der Waals surface area contributed by atoms with Crippen molar-refractivity contribution in [1.82, 2.24) is 0 Å². The van der Waals surface area contributed by atoms with Crippen molar-refractivity contribution in [2.24, 2.45) is 5.92 Å². The summed E-state index contributed by atoms with van der Waals surface area (Å²) in [5, 5.41) is 19.0. The Morgan fingerprint density at radius 2 is 1.54 bits per heavy atom. The molecule has 0 aliphatic heterocycles. The van der Waals surface area contributed by atoms with Gasteiger partial charge in [0.2, 0.25) is 0 Å².